The number of hydrogen-bond donors (Lipinski definition) is 1. The number of thioether (sulfide) groups is 1. The van der Waals surface area contributed by atoms with Crippen LogP contribution in [-0.2, 0) is 9.59 Å². The molecule has 29 heavy (non-hydrogen) atoms. The van der Waals surface area contributed by atoms with Crippen LogP contribution in [0.4, 0.5) is 0 Å². The summed E-state index contributed by atoms with van der Waals surface area (Å²) in [7, 11) is 0. The monoisotopic (exact) mass is 430 g/mol. The van der Waals surface area contributed by atoms with Gasteiger partial charge in [-0.2, -0.15) is 0 Å². The Labute approximate surface area is 181 Å². The number of thiocarbonyl (C=S) groups is 1. The van der Waals surface area contributed by atoms with E-state index in [1.807, 2.05) is 47.4 Å². The Kier molecular flexibility index (Phi) is 8.03. The van der Waals surface area contributed by atoms with Crippen molar-refractivity contribution in [1.82, 2.24) is 9.80 Å². The van der Waals surface area contributed by atoms with Gasteiger partial charge in [0.25, 0.3) is 5.91 Å². The molecule has 0 radical (unpaired) electrons. The molecule has 2 aliphatic rings. The Balaban J connectivity index is 1.56. The van der Waals surface area contributed by atoms with Crippen molar-refractivity contribution in [3.63, 3.8) is 0 Å². The van der Waals surface area contributed by atoms with E-state index in [0.717, 1.165) is 31.4 Å². The minimum absolute atomic E-state index is 0.0325. The molecule has 1 atom stereocenters. The molecule has 3 rings (SSSR count). The maximum absolute atomic E-state index is 12.7. The Morgan fingerprint density at radius 1 is 1.28 bits per heavy atom. The van der Waals surface area contributed by atoms with Gasteiger partial charge in [-0.05, 0) is 37.3 Å². The average Bonchev–Trinajstić information content (AvgIpc) is 3.00. The van der Waals surface area contributed by atoms with Crippen molar-refractivity contribution in [2.75, 3.05) is 19.7 Å². The van der Waals surface area contributed by atoms with Gasteiger partial charge >= 0.3 is 0 Å². The number of aliphatic hydroxyl groups excluding tert-OH is 1. The number of nitrogens with zero attached hydrogens (tertiary/aromatic N) is 2. The van der Waals surface area contributed by atoms with Gasteiger partial charge < -0.3 is 10.0 Å². The highest BCUT2D eigenvalue weighted by atomic mass is 32.2. The molecule has 1 aromatic carbocycles. The average molecular weight is 431 g/mol. The molecule has 0 spiro atoms. The molecule has 1 unspecified atom stereocenters. The topological polar surface area (TPSA) is 60.9 Å². The van der Waals surface area contributed by atoms with Gasteiger partial charge in [-0.1, -0.05) is 66.5 Å². The van der Waals surface area contributed by atoms with Crippen LogP contribution in [-0.4, -0.2) is 56.8 Å². The number of carbonyl (C=O) groups excluding carboxylic acids is 2. The summed E-state index contributed by atoms with van der Waals surface area (Å²) in [5.74, 6) is -0.110. The lowest BCUT2D eigenvalue weighted by atomic mass is 9.99. The predicted octanol–water partition coefficient (Wildman–Crippen LogP) is 3.60. The van der Waals surface area contributed by atoms with Crippen molar-refractivity contribution in [3.05, 3.63) is 53.0 Å². The fourth-order valence-electron chi connectivity index (χ4n) is 3.65. The number of piperidine rings is 1. The first-order valence-electron chi connectivity index (χ1n) is 9.97. The van der Waals surface area contributed by atoms with E-state index in [-0.39, 0.29) is 30.9 Å². The molecule has 2 amide bonds. The molecule has 154 valence electrons. The molecule has 0 bridgehead atoms. The quantitative estimate of drug-likeness (QED) is 0.529. The molecule has 1 aromatic rings. The lowest BCUT2D eigenvalue weighted by molar-refractivity contribution is -0.135. The summed E-state index contributed by atoms with van der Waals surface area (Å²) >= 11 is 6.63. The van der Waals surface area contributed by atoms with Gasteiger partial charge in [0, 0.05) is 32.2 Å². The molecule has 0 aromatic heterocycles. The SMILES string of the molecule is O=C1/C(=C/C=C/c2ccccc2)SC(=S)N1CCC(=O)N1CCCCC1CCO. The first-order chi connectivity index (χ1) is 14.1. The molecule has 7 heteroatoms. The highest BCUT2D eigenvalue weighted by Gasteiger charge is 2.33. The molecular weight excluding hydrogens is 404 g/mol. The first kappa shape index (κ1) is 21.7. The number of carbonyl (C=O) groups is 2. The van der Waals surface area contributed by atoms with E-state index < -0.39 is 0 Å². The summed E-state index contributed by atoms with van der Waals surface area (Å²) in [5, 5.41) is 9.24. The standard InChI is InChI=1S/C22H26N2O3S2/c25-16-13-18-10-4-5-14-23(18)20(26)12-15-24-21(27)19(29-22(24)28)11-6-9-17-7-2-1-3-8-17/h1-3,6-9,11,18,25H,4-5,10,12-16H2/b9-6+,19-11-. The molecule has 0 saturated carbocycles. The lowest BCUT2D eigenvalue weighted by Gasteiger charge is -2.36. The van der Waals surface area contributed by atoms with Crippen molar-refractivity contribution in [2.45, 2.75) is 38.1 Å². The minimum Gasteiger partial charge on any atom is -0.396 e. The van der Waals surface area contributed by atoms with Crippen LogP contribution in [0.5, 0.6) is 0 Å². The van der Waals surface area contributed by atoms with E-state index >= 15 is 0 Å². The first-order valence-corrected chi connectivity index (χ1v) is 11.2. The third-order valence-electron chi connectivity index (χ3n) is 5.17. The lowest BCUT2D eigenvalue weighted by Crippen LogP contribution is -2.45. The van der Waals surface area contributed by atoms with Crippen molar-refractivity contribution in [1.29, 1.82) is 0 Å². The van der Waals surface area contributed by atoms with Crippen LogP contribution in [0.3, 0.4) is 0 Å². The maximum Gasteiger partial charge on any atom is 0.266 e. The Hall–Kier alpha value is -1.96. The minimum atomic E-state index is -0.143. The zero-order valence-electron chi connectivity index (χ0n) is 16.3. The second kappa shape index (κ2) is 10.7. The van der Waals surface area contributed by atoms with Gasteiger partial charge in [0.05, 0.1) is 4.91 Å². The molecule has 2 fully saturated rings. The largest absolute Gasteiger partial charge is 0.396 e. The molecule has 5 nitrogen and oxygen atoms in total. The van der Waals surface area contributed by atoms with Crippen LogP contribution >= 0.6 is 24.0 Å². The summed E-state index contributed by atoms with van der Waals surface area (Å²) < 4.78 is 0.493. The Morgan fingerprint density at radius 3 is 2.83 bits per heavy atom. The molecule has 2 aliphatic heterocycles. The van der Waals surface area contributed by atoms with E-state index in [1.54, 1.807) is 6.08 Å². The van der Waals surface area contributed by atoms with Gasteiger partial charge in [-0.3, -0.25) is 14.5 Å². The van der Waals surface area contributed by atoms with Gasteiger partial charge in [0.2, 0.25) is 5.91 Å². The van der Waals surface area contributed by atoms with E-state index in [9.17, 15) is 14.7 Å². The van der Waals surface area contributed by atoms with Crippen LogP contribution < -0.4 is 0 Å². The maximum atomic E-state index is 12.7. The number of hydrogen-bond acceptors (Lipinski definition) is 5. The Morgan fingerprint density at radius 2 is 2.07 bits per heavy atom. The second-order valence-electron chi connectivity index (χ2n) is 7.12. The number of likely N-dealkylation sites (tertiary alicyclic amines) is 1. The predicted molar refractivity (Wildman–Crippen MR) is 121 cm³/mol. The van der Waals surface area contributed by atoms with Crippen LogP contribution in [0, 0.1) is 0 Å². The number of rotatable bonds is 7. The fourth-order valence-corrected chi connectivity index (χ4v) is 4.91. The van der Waals surface area contributed by atoms with E-state index in [0.29, 0.717) is 22.2 Å². The molecular formula is C22H26N2O3S2. The second-order valence-corrected chi connectivity index (χ2v) is 8.80. The normalized spacial score (nSPS) is 21.6. The van der Waals surface area contributed by atoms with Crippen LogP contribution in [0.2, 0.25) is 0 Å². The van der Waals surface area contributed by atoms with Crippen molar-refractivity contribution in [3.8, 4) is 0 Å². The van der Waals surface area contributed by atoms with Crippen molar-refractivity contribution in [2.24, 2.45) is 0 Å². The van der Waals surface area contributed by atoms with Crippen LogP contribution in [0.15, 0.2) is 47.4 Å². The van der Waals surface area contributed by atoms with Gasteiger partial charge in [-0.15, -0.1) is 0 Å². The highest BCUT2D eigenvalue weighted by molar-refractivity contribution is 8.26. The molecule has 2 heterocycles. The number of benzene rings is 1. The molecule has 2 saturated heterocycles. The third-order valence-corrected chi connectivity index (χ3v) is 6.56. The summed E-state index contributed by atoms with van der Waals surface area (Å²) in [5.41, 5.74) is 1.06. The summed E-state index contributed by atoms with van der Waals surface area (Å²) in [6.07, 6.45) is 9.44. The summed E-state index contributed by atoms with van der Waals surface area (Å²) in [6, 6.07) is 9.97. The Bertz CT molecular complexity index is 806. The molecule has 1 N–H and O–H groups in total. The highest BCUT2D eigenvalue weighted by Crippen LogP contribution is 2.31. The zero-order valence-corrected chi connectivity index (χ0v) is 18.0. The van der Waals surface area contributed by atoms with E-state index in [1.165, 1.54) is 16.7 Å². The van der Waals surface area contributed by atoms with Gasteiger partial charge in [0.15, 0.2) is 0 Å². The van der Waals surface area contributed by atoms with E-state index in [4.69, 9.17) is 12.2 Å². The zero-order chi connectivity index (χ0) is 20.6. The molecule has 0 aliphatic carbocycles. The van der Waals surface area contributed by atoms with Crippen molar-refractivity contribution < 1.29 is 14.7 Å². The summed E-state index contributed by atoms with van der Waals surface area (Å²) in [6.45, 7) is 1.11. The van der Waals surface area contributed by atoms with Gasteiger partial charge in [0.1, 0.15) is 4.32 Å². The van der Waals surface area contributed by atoms with E-state index in [2.05, 4.69) is 0 Å². The number of aliphatic hydroxyl groups is 1. The fraction of sp³-hybridized carbons (Fsp3) is 0.409. The number of amides is 2. The van der Waals surface area contributed by atoms with Gasteiger partial charge in [-0.25, -0.2) is 0 Å². The smallest absolute Gasteiger partial charge is 0.266 e. The summed E-state index contributed by atoms with van der Waals surface area (Å²) in [4.78, 5) is 29.3. The third kappa shape index (κ3) is 5.78. The van der Waals surface area contributed by atoms with Crippen LogP contribution in [0.25, 0.3) is 6.08 Å². The number of allylic oxidation sites excluding steroid dienone is 2. The van der Waals surface area contributed by atoms with Crippen molar-refractivity contribution >= 4 is 46.2 Å². The van der Waals surface area contributed by atoms with Crippen LogP contribution in [0.1, 0.15) is 37.7 Å².